The van der Waals surface area contributed by atoms with E-state index < -0.39 is 24.0 Å². The summed E-state index contributed by atoms with van der Waals surface area (Å²) in [5.41, 5.74) is 3.76. The summed E-state index contributed by atoms with van der Waals surface area (Å²) >= 11 is 0. The Balaban J connectivity index is 1.47. The van der Waals surface area contributed by atoms with E-state index in [1.807, 2.05) is 60.8 Å². The molecule has 3 aromatic carbocycles. The third-order valence-electron chi connectivity index (χ3n) is 5.50. The minimum absolute atomic E-state index is 0.0825. The van der Waals surface area contributed by atoms with Crippen LogP contribution in [0.25, 0.3) is 10.9 Å². The van der Waals surface area contributed by atoms with Crippen LogP contribution in [0.15, 0.2) is 85.1 Å². The first-order valence-corrected chi connectivity index (χ1v) is 11.1. The van der Waals surface area contributed by atoms with E-state index in [9.17, 15) is 14.4 Å². The smallest absolute Gasteiger partial charge is 0.408 e. The lowest BCUT2D eigenvalue weighted by Gasteiger charge is -2.18. The maximum Gasteiger partial charge on any atom is 0.408 e. The van der Waals surface area contributed by atoms with Gasteiger partial charge in [-0.3, -0.25) is 9.59 Å². The van der Waals surface area contributed by atoms with Crippen molar-refractivity contribution in [2.24, 2.45) is 0 Å². The van der Waals surface area contributed by atoms with E-state index in [1.54, 1.807) is 24.3 Å². The number of carboxylic acid groups (broad SMARTS) is 1. The Bertz CT molecular complexity index is 1320. The van der Waals surface area contributed by atoms with Gasteiger partial charge in [-0.05, 0) is 34.9 Å². The van der Waals surface area contributed by atoms with Crippen LogP contribution in [0.3, 0.4) is 0 Å². The summed E-state index contributed by atoms with van der Waals surface area (Å²) < 4.78 is 5.32. The highest BCUT2D eigenvalue weighted by Crippen LogP contribution is 2.20. The van der Waals surface area contributed by atoms with Crippen LogP contribution in [-0.4, -0.2) is 34.1 Å². The molecule has 0 aliphatic heterocycles. The van der Waals surface area contributed by atoms with Gasteiger partial charge in [0.1, 0.15) is 12.6 Å². The molecule has 0 unspecified atom stereocenters. The number of alkyl carbamates (subject to hydrolysis) is 1. The van der Waals surface area contributed by atoms with Gasteiger partial charge in [0.2, 0.25) is 5.91 Å². The summed E-state index contributed by atoms with van der Waals surface area (Å²) in [5.74, 6) is -1.35. The van der Waals surface area contributed by atoms with Gasteiger partial charge in [-0.15, -0.1) is 0 Å². The zero-order valence-corrected chi connectivity index (χ0v) is 18.9. The van der Waals surface area contributed by atoms with Gasteiger partial charge in [0, 0.05) is 29.2 Å². The number of benzene rings is 3. The van der Waals surface area contributed by atoms with Gasteiger partial charge in [0.05, 0.1) is 6.42 Å². The molecule has 1 aromatic heterocycles. The molecule has 0 aliphatic rings. The standard InChI is InChI=1S/C27H25N3O5/c31-25(32)14-18-10-12-21(13-11-18)29-26(33)24(15-20-16-28-23-9-5-4-8-22(20)23)30-27(34)35-17-19-6-2-1-3-7-19/h1-13,16,24,28H,14-15,17H2,(H,29,33)(H,30,34)(H,31,32)/t24-/m0/s1. The Morgan fingerprint density at radius 2 is 1.60 bits per heavy atom. The predicted octanol–water partition coefficient (Wildman–Crippen LogP) is 4.27. The molecule has 0 fully saturated rings. The van der Waals surface area contributed by atoms with Crippen LogP contribution in [0.5, 0.6) is 0 Å². The lowest BCUT2D eigenvalue weighted by Crippen LogP contribution is -2.45. The summed E-state index contributed by atoms with van der Waals surface area (Å²) in [5, 5.41) is 15.4. The molecule has 0 aliphatic carbocycles. The summed E-state index contributed by atoms with van der Waals surface area (Å²) in [7, 11) is 0. The van der Waals surface area contributed by atoms with Gasteiger partial charge < -0.3 is 25.5 Å². The maximum atomic E-state index is 13.2. The van der Waals surface area contributed by atoms with Gasteiger partial charge in [-0.1, -0.05) is 60.7 Å². The number of aliphatic carboxylic acids is 1. The van der Waals surface area contributed by atoms with E-state index in [-0.39, 0.29) is 19.4 Å². The first-order chi connectivity index (χ1) is 17.0. The molecule has 1 atom stereocenters. The van der Waals surface area contributed by atoms with Crippen LogP contribution in [0, 0.1) is 0 Å². The molecule has 4 aromatic rings. The Kier molecular flexibility index (Phi) is 7.42. The van der Waals surface area contributed by atoms with Gasteiger partial charge in [0.15, 0.2) is 0 Å². The highest BCUT2D eigenvalue weighted by molar-refractivity contribution is 5.97. The van der Waals surface area contributed by atoms with Crippen molar-refractivity contribution in [2.45, 2.75) is 25.5 Å². The second-order valence-electron chi connectivity index (χ2n) is 8.08. The molecule has 2 amide bonds. The monoisotopic (exact) mass is 471 g/mol. The number of carbonyl (C=O) groups is 3. The molecule has 0 radical (unpaired) electrons. The number of anilines is 1. The molecule has 0 saturated carbocycles. The van der Waals surface area contributed by atoms with E-state index >= 15 is 0 Å². The van der Waals surface area contributed by atoms with Crippen LogP contribution in [-0.2, 0) is 33.8 Å². The fourth-order valence-corrected chi connectivity index (χ4v) is 3.75. The number of hydrogen-bond donors (Lipinski definition) is 4. The average Bonchev–Trinajstić information content (AvgIpc) is 3.27. The van der Waals surface area contributed by atoms with Crippen molar-refractivity contribution in [3.05, 3.63) is 102 Å². The van der Waals surface area contributed by atoms with E-state index in [0.29, 0.717) is 11.3 Å². The average molecular weight is 472 g/mol. The number of para-hydroxylation sites is 1. The lowest BCUT2D eigenvalue weighted by molar-refractivity contribution is -0.136. The highest BCUT2D eigenvalue weighted by Gasteiger charge is 2.23. The zero-order chi connectivity index (χ0) is 24.6. The molecule has 178 valence electrons. The molecular weight excluding hydrogens is 446 g/mol. The summed E-state index contributed by atoms with van der Waals surface area (Å²) in [4.78, 5) is 39.8. The molecule has 0 saturated heterocycles. The Morgan fingerprint density at radius 1 is 0.886 bits per heavy atom. The number of aromatic amines is 1. The SMILES string of the molecule is O=C(O)Cc1ccc(NC(=O)[C@H](Cc2c[nH]c3ccccc23)NC(=O)OCc2ccccc2)cc1. The van der Waals surface area contributed by atoms with E-state index in [0.717, 1.165) is 22.0 Å². The number of rotatable bonds is 9. The number of ether oxygens (including phenoxy) is 1. The van der Waals surface area contributed by atoms with Gasteiger partial charge in [-0.25, -0.2) is 4.79 Å². The van der Waals surface area contributed by atoms with E-state index in [1.165, 1.54) is 0 Å². The van der Waals surface area contributed by atoms with Crippen molar-refractivity contribution in [3.8, 4) is 0 Å². The largest absolute Gasteiger partial charge is 0.481 e. The van der Waals surface area contributed by atoms with Crippen LogP contribution in [0.1, 0.15) is 16.7 Å². The number of carbonyl (C=O) groups excluding carboxylic acids is 2. The Labute approximate surface area is 201 Å². The normalized spacial score (nSPS) is 11.5. The molecular formula is C27H25N3O5. The Hall–Kier alpha value is -4.59. The van der Waals surface area contributed by atoms with Crippen LogP contribution >= 0.6 is 0 Å². The maximum absolute atomic E-state index is 13.2. The summed E-state index contributed by atoms with van der Waals surface area (Å²) in [6, 6.07) is 22.6. The van der Waals surface area contributed by atoms with Crippen LogP contribution < -0.4 is 10.6 Å². The number of H-pyrrole nitrogens is 1. The van der Waals surface area contributed by atoms with Crippen molar-refractivity contribution in [1.82, 2.24) is 10.3 Å². The predicted molar refractivity (Wildman–Crippen MR) is 132 cm³/mol. The third kappa shape index (κ3) is 6.48. The van der Waals surface area contributed by atoms with E-state index in [4.69, 9.17) is 9.84 Å². The summed E-state index contributed by atoms with van der Waals surface area (Å²) in [6.07, 6.45) is 1.26. The molecule has 4 N–H and O–H groups in total. The van der Waals surface area contributed by atoms with Crippen LogP contribution in [0.2, 0.25) is 0 Å². The zero-order valence-electron chi connectivity index (χ0n) is 18.9. The Morgan fingerprint density at radius 3 is 2.34 bits per heavy atom. The number of hydrogen-bond acceptors (Lipinski definition) is 4. The number of carboxylic acids is 1. The molecule has 1 heterocycles. The van der Waals surface area contributed by atoms with Gasteiger partial charge in [-0.2, -0.15) is 0 Å². The molecule has 8 heteroatoms. The van der Waals surface area contributed by atoms with Gasteiger partial charge in [0.25, 0.3) is 0 Å². The minimum Gasteiger partial charge on any atom is -0.481 e. The quantitative estimate of drug-likeness (QED) is 0.291. The molecule has 0 bridgehead atoms. The third-order valence-corrected chi connectivity index (χ3v) is 5.50. The van der Waals surface area contributed by atoms with Crippen LogP contribution in [0.4, 0.5) is 10.5 Å². The molecule has 0 spiro atoms. The second-order valence-corrected chi connectivity index (χ2v) is 8.08. The topological polar surface area (TPSA) is 121 Å². The van der Waals surface area contributed by atoms with Crippen molar-refractivity contribution < 1.29 is 24.2 Å². The molecule has 4 rings (SSSR count). The highest BCUT2D eigenvalue weighted by atomic mass is 16.5. The van der Waals surface area contributed by atoms with Crippen molar-refractivity contribution in [2.75, 3.05) is 5.32 Å². The molecule has 8 nitrogen and oxygen atoms in total. The summed E-state index contributed by atoms with van der Waals surface area (Å²) in [6.45, 7) is 0.0825. The lowest BCUT2D eigenvalue weighted by atomic mass is 10.0. The number of amides is 2. The fraction of sp³-hybridized carbons (Fsp3) is 0.148. The fourth-order valence-electron chi connectivity index (χ4n) is 3.75. The van der Waals surface area contributed by atoms with Crippen molar-refractivity contribution in [1.29, 1.82) is 0 Å². The van der Waals surface area contributed by atoms with Crippen molar-refractivity contribution in [3.63, 3.8) is 0 Å². The number of nitrogens with one attached hydrogen (secondary N) is 3. The first kappa shape index (κ1) is 23.6. The molecule has 35 heavy (non-hydrogen) atoms. The second kappa shape index (κ2) is 11.0. The van der Waals surface area contributed by atoms with E-state index in [2.05, 4.69) is 15.6 Å². The minimum atomic E-state index is -0.932. The van der Waals surface area contributed by atoms with Gasteiger partial charge >= 0.3 is 12.1 Å². The number of aromatic nitrogens is 1. The first-order valence-electron chi connectivity index (χ1n) is 11.1. The van der Waals surface area contributed by atoms with Crippen molar-refractivity contribution >= 4 is 34.6 Å². The number of fused-ring (bicyclic) bond motifs is 1.